The minimum absolute atomic E-state index is 0. The summed E-state index contributed by atoms with van der Waals surface area (Å²) in [5.74, 6) is 1.72. The van der Waals surface area contributed by atoms with Gasteiger partial charge >= 0.3 is 6.61 Å². The van der Waals surface area contributed by atoms with E-state index in [1.807, 2.05) is 31.2 Å². The summed E-state index contributed by atoms with van der Waals surface area (Å²) in [5, 5.41) is 6.44. The van der Waals surface area contributed by atoms with Crippen molar-refractivity contribution in [1.82, 2.24) is 10.6 Å². The minimum Gasteiger partial charge on any atom is -0.496 e. The first-order chi connectivity index (χ1) is 14.1. The summed E-state index contributed by atoms with van der Waals surface area (Å²) < 4.78 is 40.1. The Morgan fingerprint density at radius 2 is 1.73 bits per heavy atom. The molecule has 6 nitrogen and oxygen atoms in total. The van der Waals surface area contributed by atoms with E-state index in [9.17, 15) is 8.78 Å². The second-order valence-electron chi connectivity index (χ2n) is 6.05. The highest BCUT2D eigenvalue weighted by molar-refractivity contribution is 14.0. The Hall–Kier alpha value is -2.30. The zero-order chi connectivity index (χ0) is 21.1. The van der Waals surface area contributed by atoms with Crippen LogP contribution in [0.15, 0.2) is 47.5 Å². The van der Waals surface area contributed by atoms with Crippen LogP contribution in [-0.4, -0.2) is 39.9 Å². The number of guanidine groups is 1. The topological polar surface area (TPSA) is 64.1 Å². The van der Waals surface area contributed by atoms with Gasteiger partial charge in [0.15, 0.2) is 17.5 Å². The van der Waals surface area contributed by atoms with E-state index < -0.39 is 6.61 Å². The van der Waals surface area contributed by atoms with Crippen LogP contribution < -0.4 is 24.8 Å². The van der Waals surface area contributed by atoms with Crippen LogP contribution in [-0.2, 0) is 13.0 Å². The predicted molar refractivity (Wildman–Crippen MR) is 125 cm³/mol. The number of methoxy groups -OCH3 is 2. The average Bonchev–Trinajstić information content (AvgIpc) is 2.72. The molecule has 2 rings (SSSR count). The van der Waals surface area contributed by atoms with Gasteiger partial charge in [0, 0.05) is 13.1 Å². The molecule has 2 N–H and O–H groups in total. The minimum atomic E-state index is -2.92. The van der Waals surface area contributed by atoms with Crippen molar-refractivity contribution < 1.29 is 23.0 Å². The van der Waals surface area contributed by atoms with Crippen molar-refractivity contribution in [2.75, 3.05) is 27.3 Å². The molecule has 0 aliphatic heterocycles. The molecule has 0 heterocycles. The lowest BCUT2D eigenvalue weighted by Crippen LogP contribution is -2.38. The Morgan fingerprint density at radius 3 is 2.40 bits per heavy atom. The number of ether oxygens (including phenoxy) is 3. The molecule has 0 radical (unpaired) electrons. The standard InChI is InChI=1S/C21H27F2N3O3.HI/c1-4-24-21(25-12-11-16-7-5-6-8-17(16)27-2)26-14-15-9-10-18(28-3)19(13-15)29-20(22)23;/h5-10,13,20H,4,11-12,14H2,1-3H3,(H2,24,25,26);1H. The molecule has 0 bridgehead atoms. The van der Waals surface area contributed by atoms with Gasteiger partial charge in [0.05, 0.1) is 20.8 Å². The summed E-state index contributed by atoms with van der Waals surface area (Å²) in [5.41, 5.74) is 1.82. The molecule has 9 heteroatoms. The number of alkyl halides is 2. The maximum atomic E-state index is 12.6. The highest BCUT2D eigenvalue weighted by atomic mass is 127. The zero-order valence-electron chi connectivity index (χ0n) is 17.3. The summed E-state index contributed by atoms with van der Waals surface area (Å²) in [7, 11) is 3.05. The van der Waals surface area contributed by atoms with Crippen molar-refractivity contribution in [3.63, 3.8) is 0 Å². The largest absolute Gasteiger partial charge is 0.496 e. The van der Waals surface area contributed by atoms with Gasteiger partial charge in [-0.2, -0.15) is 8.78 Å². The number of para-hydroxylation sites is 1. The summed E-state index contributed by atoms with van der Waals surface area (Å²) in [4.78, 5) is 4.51. The Labute approximate surface area is 193 Å². The van der Waals surface area contributed by atoms with E-state index in [4.69, 9.17) is 9.47 Å². The van der Waals surface area contributed by atoms with E-state index in [-0.39, 0.29) is 35.5 Å². The van der Waals surface area contributed by atoms with Gasteiger partial charge < -0.3 is 24.8 Å². The van der Waals surface area contributed by atoms with E-state index in [0.717, 1.165) is 23.3 Å². The van der Waals surface area contributed by atoms with Crippen LogP contribution in [0.25, 0.3) is 0 Å². The zero-order valence-corrected chi connectivity index (χ0v) is 19.6. The number of hydrogen-bond acceptors (Lipinski definition) is 4. The normalized spacial score (nSPS) is 10.9. The molecule has 0 saturated carbocycles. The third-order valence-corrected chi connectivity index (χ3v) is 4.09. The number of rotatable bonds is 10. The molecule has 0 atom stereocenters. The molecule has 0 aliphatic carbocycles. The maximum Gasteiger partial charge on any atom is 0.387 e. The van der Waals surface area contributed by atoms with Gasteiger partial charge in [0.25, 0.3) is 0 Å². The van der Waals surface area contributed by atoms with E-state index in [1.54, 1.807) is 19.2 Å². The molecular formula is C21H28F2IN3O3. The molecule has 30 heavy (non-hydrogen) atoms. The van der Waals surface area contributed by atoms with E-state index in [0.29, 0.717) is 25.6 Å². The molecule has 0 unspecified atom stereocenters. The van der Waals surface area contributed by atoms with Crippen molar-refractivity contribution in [1.29, 1.82) is 0 Å². The number of nitrogens with zero attached hydrogens (tertiary/aromatic N) is 1. The lowest BCUT2D eigenvalue weighted by molar-refractivity contribution is -0.0512. The van der Waals surface area contributed by atoms with E-state index in [1.165, 1.54) is 13.2 Å². The molecule has 0 saturated heterocycles. The van der Waals surface area contributed by atoms with Crippen molar-refractivity contribution >= 4 is 29.9 Å². The number of nitrogens with one attached hydrogen (secondary N) is 2. The molecular weight excluding hydrogens is 507 g/mol. The van der Waals surface area contributed by atoms with Crippen LogP contribution in [0.3, 0.4) is 0 Å². The molecule has 0 aliphatic rings. The van der Waals surface area contributed by atoms with Gasteiger partial charge in [-0.3, -0.25) is 0 Å². The molecule has 2 aromatic rings. The fraction of sp³-hybridized carbons (Fsp3) is 0.381. The van der Waals surface area contributed by atoms with Crippen molar-refractivity contribution in [3.05, 3.63) is 53.6 Å². The lowest BCUT2D eigenvalue weighted by Gasteiger charge is -2.13. The van der Waals surface area contributed by atoms with Crippen molar-refractivity contribution in [3.8, 4) is 17.2 Å². The van der Waals surface area contributed by atoms with Gasteiger partial charge in [-0.1, -0.05) is 24.3 Å². The second kappa shape index (κ2) is 13.8. The first-order valence-electron chi connectivity index (χ1n) is 9.33. The predicted octanol–water partition coefficient (Wildman–Crippen LogP) is 4.22. The Morgan fingerprint density at radius 1 is 1.00 bits per heavy atom. The molecule has 0 aromatic heterocycles. The Balaban J connectivity index is 0.00000450. The van der Waals surface area contributed by atoms with Gasteiger partial charge in [-0.25, -0.2) is 4.99 Å². The molecule has 0 fully saturated rings. The SMILES string of the molecule is CCNC(=NCc1ccc(OC)c(OC(F)F)c1)NCCc1ccccc1OC.I. The van der Waals surface area contributed by atoms with Gasteiger partial charge in [-0.05, 0) is 42.7 Å². The molecule has 2 aromatic carbocycles. The van der Waals surface area contributed by atoms with Gasteiger partial charge in [0.1, 0.15) is 5.75 Å². The summed E-state index contributed by atoms with van der Waals surface area (Å²) in [6.45, 7) is 0.710. The third kappa shape index (κ3) is 8.21. The van der Waals surface area contributed by atoms with Crippen LogP contribution in [0.4, 0.5) is 8.78 Å². The second-order valence-corrected chi connectivity index (χ2v) is 6.05. The van der Waals surface area contributed by atoms with Gasteiger partial charge in [-0.15, -0.1) is 24.0 Å². The smallest absolute Gasteiger partial charge is 0.387 e. The molecule has 0 spiro atoms. The highest BCUT2D eigenvalue weighted by Gasteiger charge is 2.11. The summed E-state index contributed by atoms with van der Waals surface area (Å²) in [6, 6.07) is 12.7. The monoisotopic (exact) mass is 535 g/mol. The van der Waals surface area contributed by atoms with Crippen LogP contribution in [0, 0.1) is 0 Å². The first-order valence-corrected chi connectivity index (χ1v) is 9.33. The lowest BCUT2D eigenvalue weighted by atomic mass is 10.1. The van der Waals surface area contributed by atoms with Gasteiger partial charge in [0.2, 0.25) is 0 Å². The highest BCUT2D eigenvalue weighted by Crippen LogP contribution is 2.29. The summed E-state index contributed by atoms with van der Waals surface area (Å²) in [6.07, 6.45) is 0.767. The Bertz CT molecular complexity index is 807. The average molecular weight is 535 g/mol. The Kier molecular flexibility index (Phi) is 11.9. The van der Waals surface area contributed by atoms with E-state index >= 15 is 0 Å². The van der Waals surface area contributed by atoms with Crippen LogP contribution >= 0.6 is 24.0 Å². The fourth-order valence-corrected chi connectivity index (χ4v) is 2.74. The van der Waals surface area contributed by atoms with Crippen LogP contribution in [0.1, 0.15) is 18.1 Å². The van der Waals surface area contributed by atoms with Crippen LogP contribution in [0.2, 0.25) is 0 Å². The summed E-state index contributed by atoms with van der Waals surface area (Å²) >= 11 is 0. The molecule has 166 valence electrons. The first kappa shape index (κ1) is 25.7. The number of halogens is 3. The van der Waals surface area contributed by atoms with Crippen molar-refractivity contribution in [2.45, 2.75) is 26.5 Å². The third-order valence-electron chi connectivity index (χ3n) is 4.09. The fourth-order valence-electron chi connectivity index (χ4n) is 2.74. The van der Waals surface area contributed by atoms with E-state index in [2.05, 4.69) is 20.4 Å². The number of hydrogen-bond donors (Lipinski definition) is 2. The number of aliphatic imine (C=N–C) groups is 1. The maximum absolute atomic E-state index is 12.6. The quantitative estimate of drug-likeness (QED) is 0.271. The van der Waals surface area contributed by atoms with Crippen molar-refractivity contribution in [2.24, 2.45) is 4.99 Å². The van der Waals surface area contributed by atoms with Crippen LogP contribution in [0.5, 0.6) is 17.2 Å². The number of benzene rings is 2. The molecule has 0 amide bonds.